The molecule has 1 heterocycles. The van der Waals surface area contributed by atoms with E-state index in [1.54, 1.807) is 39.2 Å². The minimum Gasteiger partial charge on any atom is -0.388 e. The van der Waals surface area contributed by atoms with E-state index in [2.05, 4.69) is 16.0 Å². The van der Waals surface area contributed by atoms with Gasteiger partial charge in [0.15, 0.2) is 0 Å². The van der Waals surface area contributed by atoms with E-state index in [9.17, 15) is 18.8 Å². The van der Waals surface area contributed by atoms with Crippen LogP contribution in [0.2, 0.25) is 0 Å². The maximum absolute atomic E-state index is 14.3. The van der Waals surface area contributed by atoms with E-state index in [0.29, 0.717) is 22.5 Å². The van der Waals surface area contributed by atoms with Crippen molar-refractivity contribution >= 4 is 37.3 Å². The summed E-state index contributed by atoms with van der Waals surface area (Å²) in [5.74, 6) is -0.914. The van der Waals surface area contributed by atoms with Crippen LogP contribution in [0.15, 0.2) is 36.4 Å². The van der Waals surface area contributed by atoms with Crippen molar-refractivity contribution in [2.24, 2.45) is 0 Å². The van der Waals surface area contributed by atoms with E-state index in [-0.39, 0.29) is 43.6 Å². The Hall–Kier alpha value is -3.36. The number of nitrogens with one attached hydrogen (secondary N) is 3. The molecule has 2 amide bonds. The van der Waals surface area contributed by atoms with Gasteiger partial charge in [-0.05, 0) is 30.7 Å². The Bertz CT molecular complexity index is 1020. The van der Waals surface area contributed by atoms with Crippen LogP contribution in [-0.2, 0) is 22.7 Å². The molecule has 3 N–H and O–H groups in total. The standard InChI is InChI=1S/C22H26BFN4O3/c1-25-15-8-7-14(18(24)11-15)12-27-19-6-3-5-16-17(19)13-28(20(16)30)22(23,9-4-10-29)21(31)26-2/h3,5-8,10-11,25,27H,4,9,12-13,23H2,1-2H3,(H,26,31). The predicted molar refractivity (Wildman–Crippen MR) is 120 cm³/mol. The number of aldehydes is 1. The molecule has 2 aromatic rings. The number of anilines is 2. The molecule has 7 nitrogen and oxygen atoms in total. The second-order valence-corrected chi connectivity index (χ2v) is 7.69. The van der Waals surface area contributed by atoms with Gasteiger partial charge in [0.25, 0.3) is 5.91 Å². The van der Waals surface area contributed by atoms with E-state index >= 15 is 0 Å². The summed E-state index contributed by atoms with van der Waals surface area (Å²) in [6.07, 6.45) is 1.13. The molecular weight excluding hydrogens is 398 g/mol. The number of hydrogen-bond acceptors (Lipinski definition) is 5. The molecule has 0 saturated heterocycles. The molecule has 1 atom stereocenters. The molecule has 0 aromatic heterocycles. The zero-order valence-electron chi connectivity index (χ0n) is 17.9. The van der Waals surface area contributed by atoms with Crippen LogP contribution in [0.4, 0.5) is 15.8 Å². The first-order chi connectivity index (χ1) is 14.8. The lowest BCUT2D eigenvalue weighted by atomic mass is 9.71. The number of likely N-dealkylation sites (N-methyl/N-ethyl adjacent to an activating group) is 1. The molecule has 0 aliphatic carbocycles. The highest BCUT2D eigenvalue weighted by molar-refractivity contribution is 6.30. The number of fused-ring (bicyclic) bond motifs is 1. The highest BCUT2D eigenvalue weighted by Crippen LogP contribution is 2.35. The predicted octanol–water partition coefficient (Wildman–Crippen LogP) is 1.49. The van der Waals surface area contributed by atoms with Crippen LogP contribution >= 0.6 is 0 Å². The van der Waals surface area contributed by atoms with Gasteiger partial charge >= 0.3 is 0 Å². The molecule has 0 fully saturated rings. The average Bonchev–Trinajstić information content (AvgIpc) is 3.13. The number of nitrogens with zero attached hydrogens (tertiary/aromatic N) is 1. The molecule has 1 unspecified atom stereocenters. The summed E-state index contributed by atoms with van der Waals surface area (Å²) in [4.78, 5) is 38.2. The first-order valence-corrected chi connectivity index (χ1v) is 10.2. The number of carbonyl (C=O) groups is 3. The number of benzene rings is 2. The monoisotopic (exact) mass is 424 g/mol. The van der Waals surface area contributed by atoms with Gasteiger partial charge in [-0.25, -0.2) is 4.39 Å². The molecule has 2 aromatic carbocycles. The van der Waals surface area contributed by atoms with Gasteiger partial charge in [-0.2, -0.15) is 0 Å². The van der Waals surface area contributed by atoms with Crippen LogP contribution in [0.5, 0.6) is 0 Å². The van der Waals surface area contributed by atoms with E-state index in [1.165, 1.54) is 18.0 Å². The van der Waals surface area contributed by atoms with Crippen molar-refractivity contribution in [2.75, 3.05) is 24.7 Å². The number of rotatable bonds is 9. The molecule has 0 bridgehead atoms. The first kappa shape index (κ1) is 22.3. The summed E-state index contributed by atoms with van der Waals surface area (Å²) < 4.78 is 14.3. The Morgan fingerprint density at radius 3 is 2.71 bits per heavy atom. The fourth-order valence-electron chi connectivity index (χ4n) is 3.91. The smallest absolute Gasteiger partial charge is 0.254 e. The van der Waals surface area contributed by atoms with E-state index in [4.69, 9.17) is 0 Å². The highest BCUT2D eigenvalue weighted by Gasteiger charge is 2.45. The summed E-state index contributed by atoms with van der Waals surface area (Å²) in [7, 11) is 4.91. The molecule has 31 heavy (non-hydrogen) atoms. The molecule has 9 heteroatoms. The lowest BCUT2D eigenvalue weighted by Crippen LogP contribution is -2.59. The van der Waals surface area contributed by atoms with Crippen LogP contribution in [0, 0.1) is 5.82 Å². The van der Waals surface area contributed by atoms with Crippen molar-refractivity contribution in [3.8, 4) is 0 Å². The topological polar surface area (TPSA) is 90.5 Å². The third kappa shape index (κ3) is 4.26. The number of halogens is 1. The van der Waals surface area contributed by atoms with Gasteiger partial charge in [-0.15, -0.1) is 0 Å². The van der Waals surface area contributed by atoms with Gasteiger partial charge < -0.3 is 25.6 Å². The van der Waals surface area contributed by atoms with Crippen molar-refractivity contribution in [1.82, 2.24) is 10.2 Å². The van der Waals surface area contributed by atoms with Crippen molar-refractivity contribution in [2.45, 2.75) is 31.4 Å². The van der Waals surface area contributed by atoms with Gasteiger partial charge in [-0.3, -0.25) is 9.59 Å². The molecular formula is C22H26BFN4O3. The summed E-state index contributed by atoms with van der Waals surface area (Å²) in [6.45, 7) is 0.472. The summed E-state index contributed by atoms with van der Waals surface area (Å²) >= 11 is 0. The molecule has 3 rings (SSSR count). The third-order valence-electron chi connectivity index (χ3n) is 5.84. The Morgan fingerprint density at radius 1 is 1.29 bits per heavy atom. The SMILES string of the molecule is BC(CCC=O)(C(=O)NC)N1Cc2c(NCc3ccc(NC)cc3F)cccc2C1=O. The van der Waals surface area contributed by atoms with Crippen molar-refractivity contribution < 1.29 is 18.8 Å². The van der Waals surface area contributed by atoms with Gasteiger partial charge in [0.2, 0.25) is 5.91 Å². The number of amides is 2. The maximum atomic E-state index is 14.3. The van der Waals surface area contributed by atoms with Crippen LogP contribution in [0.3, 0.4) is 0 Å². The lowest BCUT2D eigenvalue weighted by Gasteiger charge is -2.37. The second kappa shape index (κ2) is 9.20. The van der Waals surface area contributed by atoms with E-state index < -0.39 is 5.44 Å². The second-order valence-electron chi connectivity index (χ2n) is 7.69. The van der Waals surface area contributed by atoms with Gasteiger partial charge in [0.05, 0.1) is 5.44 Å². The first-order valence-electron chi connectivity index (χ1n) is 10.2. The minimum atomic E-state index is -1.15. The average molecular weight is 424 g/mol. The van der Waals surface area contributed by atoms with Crippen LogP contribution in [0.25, 0.3) is 0 Å². The minimum absolute atomic E-state index is 0.164. The molecule has 0 saturated carbocycles. The van der Waals surface area contributed by atoms with Crippen molar-refractivity contribution in [3.63, 3.8) is 0 Å². The number of carbonyl (C=O) groups excluding carboxylic acids is 3. The third-order valence-corrected chi connectivity index (χ3v) is 5.84. The quantitative estimate of drug-likeness (QED) is 0.419. The molecule has 162 valence electrons. The van der Waals surface area contributed by atoms with E-state index in [1.807, 2.05) is 6.07 Å². The summed E-state index contributed by atoms with van der Waals surface area (Å²) in [5, 5.41) is 8.72. The highest BCUT2D eigenvalue weighted by atomic mass is 19.1. The van der Waals surface area contributed by atoms with Gasteiger partial charge in [-0.1, -0.05) is 12.1 Å². The molecule has 1 aliphatic heterocycles. The van der Waals surface area contributed by atoms with Crippen LogP contribution in [0.1, 0.15) is 34.3 Å². The Morgan fingerprint density at radius 2 is 2.06 bits per heavy atom. The Kier molecular flexibility index (Phi) is 6.63. The number of hydrogen-bond donors (Lipinski definition) is 3. The van der Waals surface area contributed by atoms with Gasteiger partial charge in [0.1, 0.15) is 19.9 Å². The largest absolute Gasteiger partial charge is 0.388 e. The van der Waals surface area contributed by atoms with Crippen LogP contribution < -0.4 is 16.0 Å². The maximum Gasteiger partial charge on any atom is 0.254 e. The van der Waals surface area contributed by atoms with E-state index in [0.717, 1.165) is 11.8 Å². The van der Waals surface area contributed by atoms with Crippen LogP contribution in [-0.4, -0.2) is 50.4 Å². The fraction of sp³-hybridized carbons (Fsp3) is 0.318. The Labute approximate surface area is 181 Å². The zero-order valence-corrected chi connectivity index (χ0v) is 17.9. The summed E-state index contributed by atoms with van der Waals surface area (Å²) in [6, 6.07) is 10.2. The normalized spacial score (nSPS) is 14.5. The van der Waals surface area contributed by atoms with Gasteiger partial charge in [0, 0.05) is 61.7 Å². The van der Waals surface area contributed by atoms with Crippen molar-refractivity contribution in [3.05, 3.63) is 58.9 Å². The summed E-state index contributed by atoms with van der Waals surface area (Å²) in [5.41, 5.74) is 1.99. The molecule has 1 aliphatic rings. The molecule has 0 spiro atoms. The molecule has 0 radical (unpaired) electrons. The lowest BCUT2D eigenvalue weighted by molar-refractivity contribution is -0.127. The fourth-order valence-corrected chi connectivity index (χ4v) is 3.91. The van der Waals surface area contributed by atoms with Crippen molar-refractivity contribution in [1.29, 1.82) is 0 Å². The Balaban J connectivity index is 1.85. The zero-order chi connectivity index (χ0) is 22.6.